The molecular weight excluding hydrogens is 808 g/mol. The number of carbonyl (C=O) groups is 4. The van der Waals surface area contributed by atoms with Crippen molar-refractivity contribution in [3.8, 4) is 11.5 Å². The van der Waals surface area contributed by atoms with Gasteiger partial charge in [0.2, 0.25) is 21.8 Å². The molecule has 2 aliphatic carbocycles. The number of ketones is 1. The van der Waals surface area contributed by atoms with Crippen LogP contribution >= 0.6 is 0 Å². The molecule has 328 valence electrons. The van der Waals surface area contributed by atoms with E-state index in [4.69, 9.17) is 14.2 Å². The Morgan fingerprint density at radius 1 is 1.12 bits per heavy atom. The van der Waals surface area contributed by atoms with Crippen molar-refractivity contribution < 1.29 is 60.1 Å². The number of carbonyl (C=O) groups excluding carboxylic acids is 4. The van der Waals surface area contributed by atoms with Gasteiger partial charge in [-0.15, -0.1) is 0 Å². The van der Waals surface area contributed by atoms with Gasteiger partial charge < -0.3 is 24.2 Å². The number of nitrogens with one attached hydrogen (secondary N) is 1. The number of alkyl halides is 3. The highest BCUT2D eigenvalue weighted by Crippen LogP contribution is 2.59. The van der Waals surface area contributed by atoms with E-state index in [9.17, 15) is 45.9 Å². The molecule has 1 spiro atoms. The average molecular weight is 862 g/mol. The predicted molar refractivity (Wildman–Crippen MR) is 212 cm³/mol. The van der Waals surface area contributed by atoms with E-state index in [1.807, 2.05) is 26.0 Å². The number of methoxy groups -OCH3 is 1. The number of amides is 2. The molecule has 2 aromatic rings. The van der Waals surface area contributed by atoms with Crippen LogP contribution in [0.3, 0.4) is 0 Å². The maximum atomic E-state index is 14.9. The van der Waals surface area contributed by atoms with E-state index in [2.05, 4.69) is 9.71 Å². The highest BCUT2D eigenvalue weighted by atomic mass is 32.2. The summed E-state index contributed by atoms with van der Waals surface area (Å²) in [6.45, 7) is 6.32. The summed E-state index contributed by atoms with van der Waals surface area (Å²) in [7, 11) is -2.69. The normalized spacial score (nSPS) is 31.0. The molecule has 3 aliphatic heterocycles. The van der Waals surface area contributed by atoms with E-state index in [1.165, 1.54) is 37.1 Å². The van der Waals surface area contributed by atoms with Crippen molar-refractivity contribution in [2.45, 2.75) is 133 Å². The lowest BCUT2D eigenvalue weighted by atomic mass is 9.77. The lowest BCUT2D eigenvalue weighted by molar-refractivity contribution is -0.151. The number of pyridine rings is 1. The Morgan fingerprint density at radius 3 is 2.52 bits per heavy atom. The van der Waals surface area contributed by atoms with Gasteiger partial charge in [0.1, 0.15) is 11.4 Å². The SMILES string of the molecule is COc1ccc2nc(C(F)(F)F)c3c(c2c1)[C@](C)(O)C[C@]1(C[C@H]2C(=O)C[C@]4(C(=O)NS(=O)(=O)C5(C)CC5)C[C@H]4/C=C\CCCCC[C@H](CC(=O)OCC(C)C)C(=O)N2C1)O3. The maximum Gasteiger partial charge on any atom is 0.437 e. The molecule has 2 N–H and O–H groups in total. The molecule has 2 saturated carbocycles. The van der Waals surface area contributed by atoms with Gasteiger partial charge in [-0.05, 0) is 82.4 Å². The van der Waals surface area contributed by atoms with Crippen molar-refractivity contribution in [2.75, 3.05) is 20.3 Å². The molecule has 17 heteroatoms. The van der Waals surface area contributed by atoms with Crippen LogP contribution in [-0.4, -0.2) is 83.6 Å². The minimum Gasteiger partial charge on any atom is -0.497 e. The molecule has 0 bridgehead atoms. The Morgan fingerprint density at radius 2 is 1.85 bits per heavy atom. The van der Waals surface area contributed by atoms with E-state index in [-0.39, 0.29) is 61.1 Å². The van der Waals surface area contributed by atoms with Crippen LogP contribution in [-0.2, 0) is 45.7 Å². The van der Waals surface area contributed by atoms with Crippen molar-refractivity contribution in [2.24, 2.45) is 23.2 Å². The van der Waals surface area contributed by atoms with E-state index >= 15 is 0 Å². The van der Waals surface area contributed by atoms with E-state index in [1.54, 1.807) is 6.92 Å². The molecule has 4 heterocycles. The van der Waals surface area contributed by atoms with Crippen molar-refractivity contribution >= 4 is 44.5 Å². The highest BCUT2D eigenvalue weighted by molar-refractivity contribution is 7.91. The second kappa shape index (κ2) is 15.6. The Bertz CT molecular complexity index is 2220. The molecule has 0 radical (unpaired) electrons. The van der Waals surface area contributed by atoms with Gasteiger partial charge in [-0.25, -0.2) is 13.4 Å². The van der Waals surface area contributed by atoms with E-state index < -0.39 is 103 Å². The number of benzene rings is 1. The first-order valence-electron chi connectivity index (χ1n) is 20.8. The van der Waals surface area contributed by atoms with Crippen LogP contribution < -0.4 is 14.2 Å². The molecule has 3 fully saturated rings. The van der Waals surface area contributed by atoms with Crippen LogP contribution in [0.4, 0.5) is 13.2 Å². The Hall–Kier alpha value is -4.25. The Kier molecular flexibility index (Phi) is 11.4. The third-order valence-corrected chi connectivity index (χ3v) is 15.2. The Balaban J connectivity index is 1.30. The number of ether oxygens (including phenoxy) is 3. The van der Waals surface area contributed by atoms with Gasteiger partial charge in [-0.2, -0.15) is 13.2 Å². The van der Waals surface area contributed by atoms with Gasteiger partial charge in [-0.3, -0.25) is 23.9 Å². The number of hydrogen-bond acceptors (Lipinski definition) is 11. The van der Waals surface area contributed by atoms with Crippen molar-refractivity contribution in [3.05, 3.63) is 41.6 Å². The number of allylic oxidation sites excluding steroid dienone is 2. The van der Waals surface area contributed by atoms with Crippen LogP contribution in [0.1, 0.15) is 116 Å². The third-order valence-electron chi connectivity index (χ3n) is 13.0. The zero-order valence-corrected chi connectivity index (χ0v) is 35.5. The fourth-order valence-electron chi connectivity index (χ4n) is 9.32. The zero-order valence-electron chi connectivity index (χ0n) is 34.7. The summed E-state index contributed by atoms with van der Waals surface area (Å²) < 4.78 is 89.6. The fraction of sp³-hybridized carbons (Fsp3) is 0.651. The molecule has 0 unspecified atom stereocenters. The van der Waals surface area contributed by atoms with Gasteiger partial charge in [0.05, 0.1) is 54.0 Å². The first-order chi connectivity index (χ1) is 28.0. The fourth-order valence-corrected chi connectivity index (χ4v) is 10.7. The van der Waals surface area contributed by atoms with Gasteiger partial charge >= 0.3 is 12.1 Å². The number of hydrogen-bond donors (Lipinski definition) is 2. The lowest BCUT2D eigenvalue weighted by Crippen LogP contribution is -2.50. The molecule has 5 aliphatic rings. The van der Waals surface area contributed by atoms with Gasteiger partial charge in [0.25, 0.3) is 0 Å². The number of sulfonamides is 1. The van der Waals surface area contributed by atoms with Crippen LogP contribution in [0, 0.1) is 23.2 Å². The monoisotopic (exact) mass is 861 g/mol. The molecule has 13 nitrogen and oxygen atoms in total. The summed E-state index contributed by atoms with van der Waals surface area (Å²) in [6.07, 6.45) is 0.963. The standard InChI is InChI=1S/C43H54F3N3O10S/c1-25(2)22-58-33(51)17-26-11-9-7-6-8-10-12-27-19-42(27,38(53)48-60(55,56)39(3)15-16-39)21-32(50)31-20-41(24-49(31)37(26)52)23-40(4,54)34-29-18-28(57-5)13-14-30(29)47-36(35(34)59-41)43(44,45)46/h10,12-14,18,25-27,31,54H,6-9,11,15-17,19-24H2,1-5H3,(H,48,53)/b12-10-/t26-,27-,31+,40-,41+,42-/m1/s1. The number of aromatic nitrogens is 1. The summed E-state index contributed by atoms with van der Waals surface area (Å²) in [5.74, 6) is -4.54. The molecule has 2 amide bonds. The number of esters is 1. The molecule has 6 atom stereocenters. The number of Topliss-reactive ketones (excluding diaryl/α,β-unsaturated/α-hetero) is 1. The second-order valence-electron chi connectivity index (χ2n) is 18.5. The average Bonchev–Trinajstić information content (AvgIpc) is 4.05. The highest BCUT2D eigenvalue weighted by Gasteiger charge is 2.64. The number of halogens is 3. The largest absolute Gasteiger partial charge is 0.497 e. The number of nitrogens with zero attached hydrogens (tertiary/aromatic N) is 2. The molecular formula is C43H54F3N3O10S. The summed E-state index contributed by atoms with van der Waals surface area (Å²) in [4.78, 5) is 62.1. The minimum absolute atomic E-state index is 0.0253. The van der Waals surface area contributed by atoms with Gasteiger partial charge in [0, 0.05) is 36.1 Å². The maximum absolute atomic E-state index is 14.9. The van der Waals surface area contributed by atoms with Gasteiger partial charge in [-0.1, -0.05) is 38.8 Å². The van der Waals surface area contributed by atoms with Crippen LogP contribution in [0.5, 0.6) is 11.5 Å². The Labute approximate surface area is 347 Å². The van der Waals surface area contributed by atoms with Gasteiger partial charge in [0.15, 0.2) is 17.2 Å². The third kappa shape index (κ3) is 8.36. The quantitative estimate of drug-likeness (QED) is 0.226. The molecule has 1 aromatic carbocycles. The smallest absolute Gasteiger partial charge is 0.437 e. The van der Waals surface area contributed by atoms with Crippen molar-refractivity contribution in [1.29, 1.82) is 0 Å². The minimum atomic E-state index is -5.05. The first-order valence-corrected chi connectivity index (χ1v) is 22.3. The number of rotatable bonds is 8. The summed E-state index contributed by atoms with van der Waals surface area (Å²) in [5.41, 5.74) is -6.88. The van der Waals surface area contributed by atoms with Crippen molar-refractivity contribution in [1.82, 2.24) is 14.6 Å². The lowest BCUT2D eigenvalue weighted by Gasteiger charge is -2.44. The second-order valence-corrected chi connectivity index (χ2v) is 20.7. The molecule has 60 heavy (non-hydrogen) atoms. The predicted octanol–water partition coefficient (Wildman–Crippen LogP) is 6.28. The molecule has 7 rings (SSSR count). The van der Waals surface area contributed by atoms with Crippen molar-refractivity contribution in [3.63, 3.8) is 0 Å². The zero-order chi connectivity index (χ0) is 43.6. The summed E-state index contributed by atoms with van der Waals surface area (Å²) in [6, 6.07) is 2.89. The van der Waals surface area contributed by atoms with E-state index in [0.29, 0.717) is 37.9 Å². The van der Waals surface area contributed by atoms with Crippen LogP contribution in [0.2, 0.25) is 0 Å². The molecule has 1 saturated heterocycles. The number of fused-ring (bicyclic) bond motifs is 5. The first kappa shape index (κ1) is 43.8. The summed E-state index contributed by atoms with van der Waals surface area (Å²) in [5, 5.41) is 12.4. The number of aliphatic hydroxyl groups is 1. The van der Waals surface area contributed by atoms with Crippen LogP contribution in [0.15, 0.2) is 30.4 Å². The molecule has 1 aromatic heterocycles. The van der Waals surface area contributed by atoms with Crippen LogP contribution in [0.25, 0.3) is 10.9 Å². The summed E-state index contributed by atoms with van der Waals surface area (Å²) >= 11 is 0. The van der Waals surface area contributed by atoms with E-state index in [0.717, 1.165) is 6.42 Å². The topological polar surface area (TPSA) is 178 Å².